The van der Waals surface area contributed by atoms with E-state index in [1.807, 2.05) is 36.4 Å². The summed E-state index contributed by atoms with van der Waals surface area (Å²) in [7, 11) is 0. The fourth-order valence-corrected chi connectivity index (χ4v) is 3.10. The van der Waals surface area contributed by atoms with Crippen LogP contribution < -0.4 is 15.6 Å². The standard InChI is InChI=1S/C25H19FN2O3/c26-19-9-5-11-21(15-19)31-16-17-6-4-10-20(14-17)27-24(29)22-12-13-23(28-25(22)30)18-7-2-1-3-8-18/h1-15H,16H2,(H,27,29)(H,28,30). The zero-order valence-electron chi connectivity index (χ0n) is 16.5. The number of halogens is 1. The third kappa shape index (κ3) is 5.05. The zero-order valence-corrected chi connectivity index (χ0v) is 16.5. The van der Waals surface area contributed by atoms with E-state index in [2.05, 4.69) is 10.3 Å². The van der Waals surface area contributed by atoms with E-state index < -0.39 is 11.5 Å². The van der Waals surface area contributed by atoms with Crippen molar-refractivity contribution in [2.45, 2.75) is 6.61 Å². The highest BCUT2D eigenvalue weighted by Gasteiger charge is 2.12. The summed E-state index contributed by atoms with van der Waals surface area (Å²) in [6, 6.07) is 25.5. The molecule has 6 heteroatoms. The molecule has 0 spiro atoms. The molecular weight excluding hydrogens is 395 g/mol. The Labute approximate surface area is 178 Å². The molecule has 0 fully saturated rings. The minimum atomic E-state index is -0.510. The Bertz CT molecular complexity index is 1270. The van der Waals surface area contributed by atoms with E-state index in [4.69, 9.17) is 4.74 Å². The van der Waals surface area contributed by atoms with E-state index in [-0.39, 0.29) is 18.0 Å². The van der Waals surface area contributed by atoms with E-state index in [0.717, 1.165) is 11.1 Å². The Kier molecular flexibility index (Phi) is 5.89. The lowest BCUT2D eigenvalue weighted by atomic mass is 10.1. The van der Waals surface area contributed by atoms with Gasteiger partial charge in [0.05, 0.1) is 0 Å². The van der Waals surface area contributed by atoms with Crippen molar-refractivity contribution in [3.63, 3.8) is 0 Å². The molecule has 31 heavy (non-hydrogen) atoms. The number of nitrogens with one attached hydrogen (secondary N) is 2. The maximum Gasteiger partial charge on any atom is 0.261 e. The summed E-state index contributed by atoms with van der Waals surface area (Å²) < 4.78 is 18.8. The lowest BCUT2D eigenvalue weighted by Gasteiger charge is -2.09. The normalized spacial score (nSPS) is 10.5. The van der Waals surface area contributed by atoms with E-state index in [1.165, 1.54) is 18.2 Å². The van der Waals surface area contributed by atoms with Gasteiger partial charge < -0.3 is 15.0 Å². The summed E-state index contributed by atoms with van der Waals surface area (Å²) in [6.07, 6.45) is 0. The molecule has 5 nitrogen and oxygen atoms in total. The van der Waals surface area contributed by atoms with Crippen molar-refractivity contribution in [1.29, 1.82) is 0 Å². The predicted molar refractivity (Wildman–Crippen MR) is 118 cm³/mol. The summed E-state index contributed by atoms with van der Waals surface area (Å²) in [5.41, 5.74) is 2.36. The molecule has 1 aromatic heterocycles. The third-order valence-corrected chi connectivity index (χ3v) is 4.63. The molecule has 1 heterocycles. The molecule has 0 aliphatic carbocycles. The van der Waals surface area contributed by atoms with E-state index >= 15 is 0 Å². The maximum absolute atomic E-state index is 13.3. The van der Waals surface area contributed by atoms with Gasteiger partial charge in [-0.25, -0.2) is 4.39 Å². The Morgan fingerprint density at radius 1 is 0.903 bits per heavy atom. The van der Waals surface area contributed by atoms with Crippen molar-refractivity contribution in [3.05, 3.63) is 118 Å². The number of benzene rings is 3. The van der Waals surface area contributed by atoms with Gasteiger partial charge >= 0.3 is 0 Å². The minimum absolute atomic E-state index is 0.0149. The number of aromatic nitrogens is 1. The summed E-state index contributed by atoms with van der Waals surface area (Å²) in [4.78, 5) is 27.8. The smallest absolute Gasteiger partial charge is 0.261 e. The van der Waals surface area contributed by atoms with Crippen molar-refractivity contribution in [2.24, 2.45) is 0 Å². The van der Waals surface area contributed by atoms with Crippen LogP contribution in [0.2, 0.25) is 0 Å². The van der Waals surface area contributed by atoms with Gasteiger partial charge in [-0.3, -0.25) is 9.59 Å². The van der Waals surface area contributed by atoms with Gasteiger partial charge in [0.25, 0.3) is 11.5 Å². The van der Waals surface area contributed by atoms with Crippen LogP contribution in [0, 0.1) is 5.82 Å². The number of hydrogen-bond acceptors (Lipinski definition) is 3. The fraction of sp³-hybridized carbons (Fsp3) is 0.0400. The van der Waals surface area contributed by atoms with Crippen molar-refractivity contribution < 1.29 is 13.9 Å². The Morgan fingerprint density at radius 2 is 1.71 bits per heavy atom. The van der Waals surface area contributed by atoms with Crippen LogP contribution in [0.5, 0.6) is 5.75 Å². The van der Waals surface area contributed by atoms with E-state index in [0.29, 0.717) is 17.1 Å². The maximum atomic E-state index is 13.3. The minimum Gasteiger partial charge on any atom is -0.489 e. The number of carbonyl (C=O) groups is 1. The first-order valence-electron chi connectivity index (χ1n) is 9.66. The van der Waals surface area contributed by atoms with Gasteiger partial charge in [0.15, 0.2) is 0 Å². The molecule has 0 radical (unpaired) electrons. The number of carbonyl (C=O) groups excluding carboxylic acids is 1. The average Bonchev–Trinajstić information content (AvgIpc) is 2.78. The van der Waals surface area contributed by atoms with E-state index in [1.54, 1.807) is 36.4 Å². The highest BCUT2D eigenvalue weighted by atomic mass is 19.1. The van der Waals surface area contributed by atoms with E-state index in [9.17, 15) is 14.0 Å². The van der Waals surface area contributed by atoms with Crippen LogP contribution in [-0.2, 0) is 6.61 Å². The second-order valence-electron chi connectivity index (χ2n) is 6.88. The molecule has 1 amide bonds. The van der Waals surface area contributed by atoms with Crippen LogP contribution in [0.25, 0.3) is 11.3 Å². The van der Waals surface area contributed by atoms with Crippen LogP contribution in [0.1, 0.15) is 15.9 Å². The number of amides is 1. The second-order valence-corrected chi connectivity index (χ2v) is 6.88. The lowest BCUT2D eigenvalue weighted by molar-refractivity contribution is 0.102. The van der Waals surface area contributed by atoms with Crippen LogP contribution in [0.4, 0.5) is 10.1 Å². The Balaban J connectivity index is 1.45. The largest absolute Gasteiger partial charge is 0.489 e. The summed E-state index contributed by atoms with van der Waals surface area (Å²) in [5, 5.41) is 2.73. The lowest BCUT2D eigenvalue weighted by Crippen LogP contribution is -2.23. The first-order valence-corrected chi connectivity index (χ1v) is 9.66. The SMILES string of the molecule is O=C(Nc1cccc(COc2cccc(F)c2)c1)c1ccc(-c2ccccc2)[nH]c1=O. The van der Waals surface area contributed by atoms with Gasteiger partial charge in [-0.15, -0.1) is 0 Å². The first-order chi connectivity index (χ1) is 15.1. The number of anilines is 1. The molecule has 0 saturated heterocycles. The number of pyridine rings is 1. The molecule has 0 atom stereocenters. The number of aromatic amines is 1. The van der Waals surface area contributed by atoms with Crippen molar-refractivity contribution in [1.82, 2.24) is 4.98 Å². The summed E-state index contributed by atoms with van der Waals surface area (Å²) in [5.74, 6) is -0.467. The highest BCUT2D eigenvalue weighted by molar-refractivity contribution is 6.04. The molecule has 4 aromatic rings. The number of ether oxygens (including phenoxy) is 1. The van der Waals surface area contributed by atoms with Gasteiger partial charge in [-0.2, -0.15) is 0 Å². The van der Waals surface area contributed by atoms with Crippen LogP contribution in [0.3, 0.4) is 0 Å². The topological polar surface area (TPSA) is 71.2 Å². The molecule has 0 saturated carbocycles. The Hall–Kier alpha value is -4.19. The summed E-state index contributed by atoms with van der Waals surface area (Å²) in [6.45, 7) is 0.208. The monoisotopic (exact) mass is 414 g/mol. The molecule has 0 aliphatic rings. The number of hydrogen-bond donors (Lipinski definition) is 2. The number of H-pyrrole nitrogens is 1. The first kappa shape index (κ1) is 20.1. The van der Waals surface area contributed by atoms with Gasteiger partial charge in [-0.1, -0.05) is 48.5 Å². The van der Waals surface area contributed by atoms with Crippen LogP contribution in [0.15, 0.2) is 95.8 Å². The third-order valence-electron chi connectivity index (χ3n) is 4.63. The van der Waals surface area contributed by atoms with Gasteiger partial charge in [0.1, 0.15) is 23.7 Å². The molecule has 154 valence electrons. The molecule has 0 aliphatic heterocycles. The molecule has 0 unspecified atom stereocenters. The van der Waals surface area contributed by atoms with Gasteiger partial charge in [-0.05, 0) is 47.5 Å². The van der Waals surface area contributed by atoms with Crippen LogP contribution >= 0.6 is 0 Å². The summed E-state index contributed by atoms with van der Waals surface area (Å²) >= 11 is 0. The number of rotatable bonds is 6. The van der Waals surface area contributed by atoms with Gasteiger partial charge in [0.2, 0.25) is 0 Å². The average molecular weight is 414 g/mol. The second kappa shape index (κ2) is 9.09. The predicted octanol–water partition coefficient (Wildman–Crippen LogP) is 5.01. The molecule has 4 rings (SSSR count). The van der Waals surface area contributed by atoms with Gasteiger partial charge in [0, 0.05) is 17.4 Å². The molecule has 3 aromatic carbocycles. The molecule has 0 bridgehead atoms. The fourth-order valence-electron chi connectivity index (χ4n) is 3.10. The molecular formula is C25H19FN2O3. The quantitative estimate of drug-likeness (QED) is 0.466. The highest BCUT2D eigenvalue weighted by Crippen LogP contribution is 2.18. The Morgan fingerprint density at radius 3 is 2.48 bits per heavy atom. The zero-order chi connectivity index (χ0) is 21.6. The van der Waals surface area contributed by atoms with Crippen molar-refractivity contribution in [2.75, 3.05) is 5.32 Å². The molecule has 2 N–H and O–H groups in total. The van der Waals surface area contributed by atoms with Crippen molar-refractivity contribution in [3.8, 4) is 17.0 Å². The van der Waals surface area contributed by atoms with Crippen LogP contribution in [-0.4, -0.2) is 10.9 Å². The van der Waals surface area contributed by atoms with Crippen molar-refractivity contribution >= 4 is 11.6 Å².